The van der Waals surface area contributed by atoms with Crippen LogP contribution in [0.4, 0.5) is 5.69 Å². The van der Waals surface area contributed by atoms with Crippen molar-refractivity contribution in [2.45, 2.75) is 52.8 Å². The summed E-state index contributed by atoms with van der Waals surface area (Å²) in [5, 5.41) is -0.0922. The lowest BCUT2D eigenvalue weighted by molar-refractivity contribution is -0.124. The summed E-state index contributed by atoms with van der Waals surface area (Å²) in [5.74, 6) is -1.22. The van der Waals surface area contributed by atoms with Gasteiger partial charge < -0.3 is 4.43 Å². The first kappa shape index (κ1) is 19.1. The molecule has 23 heavy (non-hydrogen) atoms. The first-order valence-electron chi connectivity index (χ1n) is 7.51. The molecule has 1 aromatic rings. The average molecular weight is 335 g/mol. The lowest BCUT2D eigenvalue weighted by Gasteiger charge is -2.35. The monoisotopic (exact) mass is 335 g/mol. The van der Waals surface area contributed by atoms with Crippen LogP contribution in [0, 0.1) is 0 Å². The molecular weight excluding hydrogens is 310 g/mol. The van der Waals surface area contributed by atoms with Crippen LogP contribution in [-0.2, 0) is 14.0 Å². The van der Waals surface area contributed by atoms with Crippen LogP contribution in [-0.4, -0.2) is 26.1 Å². The maximum atomic E-state index is 12.4. The van der Waals surface area contributed by atoms with Crippen LogP contribution < -0.4 is 4.90 Å². The molecule has 0 saturated heterocycles. The predicted molar refractivity (Wildman–Crippen MR) is 92.9 cm³/mol. The second-order valence-corrected chi connectivity index (χ2v) is 11.8. The van der Waals surface area contributed by atoms with Crippen molar-refractivity contribution >= 4 is 31.8 Å². The van der Waals surface area contributed by atoms with E-state index in [2.05, 4.69) is 20.8 Å². The van der Waals surface area contributed by atoms with Gasteiger partial charge in [0.25, 0.3) is 8.32 Å². The molecule has 0 fully saturated rings. The highest BCUT2D eigenvalue weighted by atomic mass is 28.4. The van der Waals surface area contributed by atoms with Crippen molar-refractivity contribution in [3.8, 4) is 0 Å². The summed E-state index contributed by atoms with van der Waals surface area (Å²) in [7, 11) is -2.24. The number of hydrogen-bond donors (Lipinski definition) is 0. The number of amides is 2. The van der Waals surface area contributed by atoms with Crippen LogP contribution in [0.3, 0.4) is 0 Å². The second-order valence-electron chi connectivity index (χ2n) is 7.07. The van der Waals surface area contributed by atoms with Gasteiger partial charge in [-0.15, -0.1) is 0 Å². The lowest BCUT2D eigenvalue weighted by Crippen LogP contribution is -2.42. The van der Waals surface area contributed by atoms with Crippen LogP contribution in [0.15, 0.2) is 24.3 Å². The molecule has 0 unspecified atom stereocenters. The smallest absolute Gasteiger partial charge is 0.324 e. The molecule has 1 aromatic carbocycles. The summed E-state index contributed by atoms with van der Waals surface area (Å²) in [4.78, 5) is 36.7. The minimum absolute atomic E-state index is 0.0922. The van der Waals surface area contributed by atoms with Crippen molar-refractivity contribution in [1.82, 2.24) is 0 Å². The van der Waals surface area contributed by atoms with Crippen molar-refractivity contribution in [3.63, 3.8) is 0 Å². The minimum Gasteiger partial charge on any atom is -0.516 e. The van der Waals surface area contributed by atoms with E-state index in [1.807, 2.05) is 13.1 Å². The van der Waals surface area contributed by atoms with Gasteiger partial charge in [-0.3, -0.25) is 14.5 Å². The van der Waals surface area contributed by atoms with Gasteiger partial charge in [-0.25, -0.2) is 4.79 Å². The highest BCUT2D eigenvalue weighted by molar-refractivity contribution is 6.75. The van der Waals surface area contributed by atoms with Gasteiger partial charge in [0.15, 0.2) is 0 Å². The maximum absolute atomic E-state index is 12.4. The van der Waals surface area contributed by atoms with Crippen molar-refractivity contribution in [1.29, 1.82) is 0 Å². The molecule has 0 radical (unpaired) electrons. The normalized spacial score (nSPS) is 11.8. The maximum Gasteiger partial charge on any atom is 0.324 e. The molecule has 0 aliphatic heterocycles. The van der Waals surface area contributed by atoms with Crippen molar-refractivity contribution < 1.29 is 18.8 Å². The molecule has 0 N–H and O–H groups in total. The highest BCUT2D eigenvalue weighted by Crippen LogP contribution is 2.37. The van der Waals surface area contributed by atoms with E-state index in [9.17, 15) is 14.4 Å². The van der Waals surface area contributed by atoms with Crippen molar-refractivity contribution in [2.75, 3.05) is 4.90 Å². The van der Waals surface area contributed by atoms with Crippen LogP contribution in [0.5, 0.6) is 0 Å². The van der Waals surface area contributed by atoms with E-state index in [0.29, 0.717) is 11.3 Å². The Hall–Kier alpha value is -1.95. The number of anilines is 1. The Bertz CT molecular complexity index is 618. The average Bonchev–Trinajstić information content (AvgIpc) is 2.36. The van der Waals surface area contributed by atoms with Crippen LogP contribution in [0.2, 0.25) is 18.1 Å². The van der Waals surface area contributed by atoms with E-state index in [-0.39, 0.29) is 5.04 Å². The van der Waals surface area contributed by atoms with Gasteiger partial charge in [0.2, 0.25) is 11.8 Å². The van der Waals surface area contributed by atoms with Crippen molar-refractivity contribution in [2.24, 2.45) is 0 Å². The Morgan fingerprint density at radius 1 is 1.04 bits per heavy atom. The fourth-order valence-electron chi connectivity index (χ4n) is 1.80. The number of nitrogens with zero attached hydrogens (tertiary/aromatic N) is 1. The van der Waals surface area contributed by atoms with E-state index in [0.717, 1.165) is 4.90 Å². The van der Waals surface area contributed by atoms with Gasteiger partial charge in [-0.1, -0.05) is 26.8 Å². The Morgan fingerprint density at radius 3 is 2.00 bits per heavy atom. The molecule has 5 nitrogen and oxygen atoms in total. The van der Waals surface area contributed by atoms with Gasteiger partial charge in [0.05, 0.1) is 11.3 Å². The zero-order valence-corrected chi connectivity index (χ0v) is 15.9. The highest BCUT2D eigenvalue weighted by Gasteiger charge is 2.40. The fourth-order valence-corrected chi connectivity index (χ4v) is 2.69. The molecule has 0 aromatic heterocycles. The summed E-state index contributed by atoms with van der Waals surface area (Å²) < 4.78 is 5.76. The number of imide groups is 1. The van der Waals surface area contributed by atoms with Crippen LogP contribution >= 0.6 is 0 Å². The molecule has 0 saturated carbocycles. The number of carbonyl (C=O) groups excluding carboxylic acids is 3. The Balaban J connectivity index is 3.12. The summed E-state index contributed by atoms with van der Waals surface area (Å²) in [5.41, 5.74) is 0.703. The zero-order chi connectivity index (χ0) is 18.0. The van der Waals surface area contributed by atoms with Gasteiger partial charge in [-0.2, -0.15) is 0 Å². The summed E-state index contributed by atoms with van der Waals surface area (Å²) in [6.07, 6.45) is 0. The third-order valence-corrected chi connectivity index (χ3v) is 8.43. The van der Waals surface area contributed by atoms with E-state index < -0.39 is 26.1 Å². The summed E-state index contributed by atoms with van der Waals surface area (Å²) in [6.45, 7) is 12.8. The van der Waals surface area contributed by atoms with Gasteiger partial charge in [0, 0.05) is 13.8 Å². The SMILES string of the molecule is CC(=O)N(C(C)=O)c1cccc(C(=O)O[Si](C)(C)C(C)(C)C)c1. The summed E-state index contributed by atoms with van der Waals surface area (Å²) in [6, 6.07) is 6.39. The molecule has 2 amide bonds. The van der Waals surface area contributed by atoms with Crippen LogP contribution in [0.1, 0.15) is 45.0 Å². The Morgan fingerprint density at radius 2 is 1.57 bits per heavy atom. The van der Waals surface area contributed by atoms with Gasteiger partial charge in [-0.05, 0) is 36.3 Å². The molecule has 0 bridgehead atoms. The number of carbonyl (C=O) groups is 3. The molecular formula is C17H25NO4Si. The molecule has 0 spiro atoms. The quantitative estimate of drug-likeness (QED) is 0.789. The van der Waals surface area contributed by atoms with E-state index in [4.69, 9.17) is 4.43 Å². The Labute approximate surface area is 138 Å². The van der Waals surface area contributed by atoms with E-state index >= 15 is 0 Å². The summed E-state index contributed by atoms with van der Waals surface area (Å²) >= 11 is 0. The molecule has 0 aliphatic carbocycles. The van der Waals surface area contributed by atoms with Gasteiger partial charge >= 0.3 is 5.97 Å². The number of rotatable bonds is 3. The van der Waals surface area contributed by atoms with E-state index in [1.54, 1.807) is 18.2 Å². The molecule has 0 atom stereocenters. The van der Waals surface area contributed by atoms with Gasteiger partial charge in [0.1, 0.15) is 0 Å². The minimum atomic E-state index is -2.24. The Kier molecular flexibility index (Phi) is 5.53. The number of benzene rings is 1. The standard InChI is InChI=1S/C17H25NO4Si/c1-12(19)18(13(2)20)15-10-8-9-14(11-15)16(21)22-23(6,7)17(3,4)5/h8-11H,1-7H3. The topological polar surface area (TPSA) is 63.7 Å². The van der Waals surface area contributed by atoms with Crippen LogP contribution in [0.25, 0.3) is 0 Å². The first-order valence-corrected chi connectivity index (χ1v) is 10.4. The zero-order valence-electron chi connectivity index (χ0n) is 14.9. The predicted octanol–water partition coefficient (Wildman–Crippen LogP) is 3.75. The van der Waals surface area contributed by atoms with Crippen molar-refractivity contribution in [3.05, 3.63) is 29.8 Å². The molecule has 0 aliphatic rings. The lowest BCUT2D eigenvalue weighted by atomic mass is 10.2. The third kappa shape index (κ3) is 4.51. The largest absolute Gasteiger partial charge is 0.516 e. The third-order valence-electron chi connectivity index (χ3n) is 4.12. The molecule has 126 valence electrons. The molecule has 1 rings (SSSR count). The fraction of sp³-hybridized carbons (Fsp3) is 0.471. The first-order chi connectivity index (χ1) is 10.4. The second kappa shape index (κ2) is 6.66. The van der Waals surface area contributed by atoms with E-state index in [1.165, 1.54) is 19.9 Å². The molecule has 6 heteroatoms. The number of hydrogen-bond acceptors (Lipinski definition) is 4. The molecule has 0 heterocycles.